The minimum atomic E-state index is -0.956. The van der Waals surface area contributed by atoms with Crippen LogP contribution in [0.1, 0.15) is 40.5 Å². The Morgan fingerprint density at radius 2 is 1.97 bits per heavy atom. The molecule has 182 valence electrons. The van der Waals surface area contributed by atoms with Crippen LogP contribution in [0.4, 0.5) is 0 Å². The zero-order valence-corrected chi connectivity index (χ0v) is 20.2. The van der Waals surface area contributed by atoms with E-state index in [-0.39, 0.29) is 11.6 Å². The van der Waals surface area contributed by atoms with Gasteiger partial charge in [0.2, 0.25) is 0 Å². The molecular formula is C27H29N3O5. The van der Waals surface area contributed by atoms with Gasteiger partial charge in [-0.05, 0) is 44.3 Å². The average Bonchev–Trinajstić information content (AvgIpc) is 3.29. The lowest BCUT2D eigenvalue weighted by molar-refractivity contribution is -0.0138. The maximum atomic E-state index is 14.1. The lowest BCUT2D eigenvalue weighted by Crippen LogP contribution is -2.58. The van der Waals surface area contributed by atoms with Gasteiger partial charge in [-0.2, -0.15) is 5.10 Å². The van der Waals surface area contributed by atoms with Crippen molar-refractivity contribution < 1.29 is 23.8 Å². The maximum absolute atomic E-state index is 14.1. The smallest absolute Gasteiger partial charge is 0.181 e. The van der Waals surface area contributed by atoms with Gasteiger partial charge in [0.25, 0.3) is 0 Å². The van der Waals surface area contributed by atoms with E-state index in [1.54, 1.807) is 48.3 Å². The summed E-state index contributed by atoms with van der Waals surface area (Å²) in [5.74, 6) is 0.0877. The van der Waals surface area contributed by atoms with Crippen molar-refractivity contribution in [3.63, 3.8) is 0 Å². The lowest BCUT2D eigenvalue weighted by atomic mass is 9.70. The highest BCUT2D eigenvalue weighted by Gasteiger charge is 2.53. The van der Waals surface area contributed by atoms with Crippen molar-refractivity contribution >= 4 is 11.6 Å². The van der Waals surface area contributed by atoms with Crippen molar-refractivity contribution in [3.8, 4) is 28.4 Å². The number of fused-ring (bicyclic) bond motifs is 1. The molecule has 35 heavy (non-hydrogen) atoms. The Balaban J connectivity index is 1.63. The van der Waals surface area contributed by atoms with Crippen molar-refractivity contribution in [2.45, 2.75) is 25.4 Å². The fraction of sp³-hybridized carbons (Fsp3) is 0.370. The first-order valence-electron chi connectivity index (χ1n) is 11.9. The van der Waals surface area contributed by atoms with Crippen molar-refractivity contribution in [1.82, 2.24) is 15.1 Å². The quantitative estimate of drug-likeness (QED) is 0.429. The summed E-state index contributed by atoms with van der Waals surface area (Å²) in [6, 6.07) is 10.6. The summed E-state index contributed by atoms with van der Waals surface area (Å²) in [7, 11) is 3.39. The van der Waals surface area contributed by atoms with E-state index in [9.17, 15) is 9.59 Å². The predicted octanol–water partition coefficient (Wildman–Crippen LogP) is 3.69. The number of ketones is 2. The van der Waals surface area contributed by atoms with Crippen molar-refractivity contribution in [2.75, 3.05) is 26.8 Å². The summed E-state index contributed by atoms with van der Waals surface area (Å²) in [5.41, 5.74) is 1.44. The molecule has 0 saturated carbocycles. The Hall–Kier alpha value is -3.65. The fourth-order valence-electron chi connectivity index (χ4n) is 5.19. The third-order valence-electron chi connectivity index (χ3n) is 6.83. The highest BCUT2D eigenvalue weighted by molar-refractivity contribution is 6.19. The van der Waals surface area contributed by atoms with Crippen LogP contribution in [0.3, 0.4) is 0 Å². The van der Waals surface area contributed by atoms with Gasteiger partial charge in [-0.25, -0.2) is 0 Å². The number of Topliss-reactive ketones (excluding diaryl/α,β-unsaturated/α-hetero) is 2. The first kappa shape index (κ1) is 23.1. The lowest BCUT2D eigenvalue weighted by Gasteiger charge is -2.45. The van der Waals surface area contributed by atoms with Crippen LogP contribution >= 0.6 is 0 Å². The highest BCUT2D eigenvalue weighted by Crippen LogP contribution is 2.45. The number of ether oxygens (including phenoxy) is 3. The van der Waals surface area contributed by atoms with Crippen LogP contribution in [0.15, 0.2) is 48.8 Å². The molecule has 2 aromatic carbocycles. The molecule has 8 heteroatoms. The SMILES string of the molecule is CCOc1cc(C(=O)C2C(=O)c3ccccc3OC23CCNCC3)cc(OC)c1-c1cnn(C)c1. The minimum absolute atomic E-state index is 0.202. The number of aromatic nitrogens is 2. The van der Waals surface area contributed by atoms with E-state index in [0.29, 0.717) is 66.5 Å². The van der Waals surface area contributed by atoms with Crippen LogP contribution in [-0.4, -0.2) is 53.8 Å². The first-order valence-corrected chi connectivity index (χ1v) is 11.9. The fourth-order valence-corrected chi connectivity index (χ4v) is 5.19. The molecule has 2 aliphatic rings. The maximum Gasteiger partial charge on any atom is 0.181 e. The highest BCUT2D eigenvalue weighted by atomic mass is 16.5. The second-order valence-corrected chi connectivity index (χ2v) is 8.96. The van der Waals surface area contributed by atoms with E-state index in [4.69, 9.17) is 14.2 Å². The van der Waals surface area contributed by atoms with Gasteiger partial charge >= 0.3 is 0 Å². The van der Waals surface area contributed by atoms with Gasteiger partial charge in [0.1, 0.15) is 28.8 Å². The third-order valence-corrected chi connectivity index (χ3v) is 6.83. The number of nitrogens with zero attached hydrogens (tertiary/aromatic N) is 2. The molecule has 3 heterocycles. The molecule has 1 fully saturated rings. The molecule has 8 nitrogen and oxygen atoms in total. The van der Waals surface area contributed by atoms with Crippen molar-refractivity contribution in [3.05, 3.63) is 59.9 Å². The molecule has 1 N–H and O–H groups in total. The van der Waals surface area contributed by atoms with Crippen LogP contribution in [-0.2, 0) is 7.05 Å². The molecule has 0 amide bonds. The summed E-state index contributed by atoms with van der Waals surface area (Å²) in [6.45, 7) is 3.63. The molecule has 2 aliphatic heterocycles. The summed E-state index contributed by atoms with van der Waals surface area (Å²) >= 11 is 0. The normalized spacial score (nSPS) is 18.6. The number of hydrogen-bond donors (Lipinski definition) is 1. The number of hydrogen-bond acceptors (Lipinski definition) is 7. The molecule has 0 aliphatic carbocycles. The number of carbonyl (C=O) groups excluding carboxylic acids is 2. The van der Waals surface area contributed by atoms with E-state index < -0.39 is 11.5 Å². The molecule has 0 bridgehead atoms. The van der Waals surface area contributed by atoms with Gasteiger partial charge < -0.3 is 19.5 Å². The topological polar surface area (TPSA) is 91.7 Å². The molecule has 0 radical (unpaired) electrons. The van der Waals surface area contributed by atoms with Gasteiger partial charge in [-0.15, -0.1) is 0 Å². The average molecular weight is 476 g/mol. The Bertz CT molecular complexity index is 1280. The summed E-state index contributed by atoms with van der Waals surface area (Å²) in [6.07, 6.45) is 4.71. The van der Waals surface area contributed by atoms with Crippen LogP contribution in [0.25, 0.3) is 11.1 Å². The number of carbonyl (C=O) groups is 2. The molecule has 1 spiro atoms. The summed E-state index contributed by atoms with van der Waals surface area (Å²) in [4.78, 5) is 27.9. The number of piperidine rings is 1. The van der Waals surface area contributed by atoms with Crippen LogP contribution in [0.2, 0.25) is 0 Å². The monoisotopic (exact) mass is 475 g/mol. The van der Waals surface area contributed by atoms with Gasteiger partial charge in [-0.3, -0.25) is 14.3 Å². The van der Waals surface area contributed by atoms with Crippen LogP contribution in [0.5, 0.6) is 17.2 Å². The Morgan fingerprint density at radius 1 is 1.23 bits per heavy atom. The summed E-state index contributed by atoms with van der Waals surface area (Å²) < 4.78 is 19.8. The zero-order valence-electron chi connectivity index (χ0n) is 20.2. The van der Waals surface area contributed by atoms with E-state index in [0.717, 1.165) is 5.56 Å². The molecule has 3 aromatic rings. The number of benzene rings is 2. The molecule has 1 aromatic heterocycles. The van der Waals surface area contributed by atoms with Crippen molar-refractivity contribution in [2.24, 2.45) is 13.0 Å². The number of para-hydroxylation sites is 1. The first-order chi connectivity index (χ1) is 17.0. The van der Waals surface area contributed by atoms with Crippen LogP contribution < -0.4 is 19.5 Å². The van der Waals surface area contributed by atoms with E-state index in [1.165, 1.54) is 0 Å². The van der Waals surface area contributed by atoms with Gasteiger partial charge in [0.05, 0.1) is 31.0 Å². The van der Waals surface area contributed by atoms with Gasteiger partial charge in [0, 0.05) is 37.2 Å². The Kier molecular flexibility index (Phi) is 6.06. The second kappa shape index (κ2) is 9.19. The van der Waals surface area contributed by atoms with E-state index in [1.807, 2.05) is 26.2 Å². The molecule has 5 rings (SSSR count). The summed E-state index contributed by atoms with van der Waals surface area (Å²) in [5, 5.41) is 7.58. The Morgan fingerprint density at radius 3 is 2.66 bits per heavy atom. The van der Waals surface area contributed by atoms with E-state index >= 15 is 0 Å². The molecular weight excluding hydrogens is 446 g/mol. The Labute approximate surface area is 204 Å². The van der Waals surface area contributed by atoms with E-state index in [2.05, 4.69) is 10.4 Å². The number of nitrogens with one attached hydrogen (secondary N) is 1. The minimum Gasteiger partial charge on any atom is -0.496 e. The van der Waals surface area contributed by atoms with Gasteiger partial charge in [-0.1, -0.05) is 12.1 Å². The standard InChI is InChI=1S/C27H29N3O5/c1-4-34-22-14-17(13-21(33-3)23(22)18-15-29-30(2)16-18)25(31)24-26(32)19-7-5-6-8-20(19)35-27(24)9-11-28-12-10-27/h5-8,13-16,24,28H,4,9-12H2,1-3H3. The largest absolute Gasteiger partial charge is 0.496 e. The molecule has 1 atom stereocenters. The number of rotatable bonds is 6. The number of aryl methyl sites for hydroxylation is 1. The number of methoxy groups -OCH3 is 1. The third kappa shape index (κ3) is 3.97. The van der Waals surface area contributed by atoms with Crippen LogP contribution in [0, 0.1) is 5.92 Å². The van der Waals surface area contributed by atoms with Crippen molar-refractivity contribution in [1.29, 1.82) is 0 Å². The zero-order chi connectivity index (χ0) is 24.6. The molecule has 1 saturated heterocycles. The predicted molar refractivity (Wildman–Crippen MR) is 130 cm³/mol. The van der Waals surface area contributed by atoms with Gasteiger partial charge in [0.15, 0.2) is 11.6 Å². The second-order valence-electron chi connectivity index (χ2n) is 8.96. The molecule has 1 unspecified atom stereocenters.